The van der Waals surface area contributed by atoms with Crippen molar-refractivity contribution in [2.45, 2.75) is 25.7 Å². The van der Waals surface area contributed by atoms with E-state index in [1.54, 1.807) is 4.68 Å². The van der Waals surface area contributed by atoms with Gasteiger partial charge >= 0.3 is 6.18 Å². The summed E-state index contributed by atoms with van der Waals surface area (Å²) in [5.41, 5.74) is 0.767. The number of hydrogen-bond acceptors (Lipinski definition) is 5. The van der Waals surface area contributed by atoms with Crippen LogP contribution < -0.4 is 5.32 Å². The van der Waals surface area contributed by atoms with Crippen LogP contribution in [0.2, 0.25) is 0 Å². The van der Waals surface area contributed by atoms with E-state index in [-0.39, 0.29) is 0 Å². The molecule has 6 nitrogen and oxygen atoms in total. The van der Waals surface area contributed by atoms with Crippen molar-refractivity contribution in [1.29, 1.82) is 5.26 Å². The first-order chi connectivity index (χ1) is 11.0. The lowest BCUT2D eigenvalue weighted by Crippen LogP contribution is -2.12. The van der Waals surface area contributed by atoms with Crippen molar-refractivity contribution in [3.63, 3.8) is 0 Å². The number of fused-ring (bicyclic) bond motifs is 1. The molecule has 0 amide bonds. The third-order valence-corrected chi connectivity index (χ3v) is 3.43. The minimum Gasteiger partial charge on any atom is -0.331 e. The molecule has 3 rings (SSSR count). The van der Waals surface area contributed by atoms with Gasteiger partial charge in [0.05, 0.1) is 18.4 Å². The first kappa shape index (κ1) is 15.0. The van der Waals surface area contributed by atoms with Crippen molar-refractivity contribution in [3.8, 4) is 6.07 Å². The van der Waals surface area contributed by atoms with Gasteiger partial charge in [-0.15, -0.1) is 0 Å². The van der Waals surface area contributed by atoms with Gasteiger partial charge in [-0.25, -0.2) is 4.68 Å². The Labute approximate surface area is 129 Å². The Morgan fingerprint density at radius 3 is 2.83 bits per heavy atom. The lowest BCUT2D eigenvalue weighted by molar-refractivity contribution is -0.141. The van der Waals surface area contributed by atoms with Gasteiger partial charge in [0.1, 0.15) is 17.6 Å². The first-order valence-electron chi connectivity index (χ1n) is 6.76. The van der Waals surface area contributed by atoms with E-state index in [1.807, 2.05) is 6.07 Å². The Kier molecular flexibility index (Phi) is 3.73. The van der Waals surface area contributed by atoms with Crippen LogP contribution in [0.15, 0.2) is 23.3 Å². The molecule has 1 N–H and O–H groups in total. The fourth-order valence-electron chi connectivity index (χ4n) is 2.28. The predicted molar refractivity (Wildman–Crippen MR) is 75.7 cm³/mol. The van der Waals surface area contributed by atoms with Crippen LogP contribution >= 0.6 is 0 Å². The normalized spacial score (nSPS) is 13.3. The first-order valence-corrected chi connectivity index (χ1v) is 6.76. The summed E-state index contributed by atoms with van der Waals surface area (Å²) < 4.78 is 39.0. The van der Waals surface area contributed by atoms with Crippen molar-refractivity contribution in [3.05, 3.63) is 40.8 Å². The molecule has 0 radical (unpaired) electrons. The van der Waals surface area contributed by atoms with Crippen LogP contribution in [0.4, 0.5) is 19.0 Å². The molecule has 0 aliphatic carbocycles. The number of halogens is 3. The Bertz CT molecular complexity index is 783. The summed E-state index contributed by atoms with van der Waals surface area (Å²) in [6, 6.07) is 4.37. The Balaban J connectivity index is 1.75. The van der Waals surface area contributed by atoms with Crippen molar-refractivity contribution < 1.29 is 13.2 Å². The summed E-state index contributed by atoms with van der Waals surface area (Å²) >= 11 is 0. The number of nitriles is 1. The zero-order valence-corrected chi connectivity index (χ0v) is 11.8. The molecular formula is C14H11F3N6. The average molecular weight is 320 g/mol. The van der Waals surface area contributed by atoms with E-state index in [1.165, 1.54) is 18.6 Å². The molecule has 2 aromatic rings. The number of alkyl halides is 3. The van der Waals surface area contributed by atoms with E-state index in [0.29, 0.717) is 36.6 Å². The van der Waals surface area contributed by atoms with Gasteiger partial charge in [0.2, 0.25) is 0 Å². The summed E-state index contributed by atoms with van der Waals surface area (Å²) in [7, 11) is 0. The maximum Gasteiger partial charge on any atom is 0.433 e. The Hall–Kier alpha value is -2.89. The minimum atomic E-state index is -4.44. The molecule has 0 saturated carbocycles. The number of nitrogens with zero attached hydrogens (tertiary/aromatic N) is 5. The molecule has 1 aliphatic rings. The minimum absolute atomic E-state index is 0.301. The highest BCUT2D eigenvalue weighted by Crippen LogP contribution is 2.27. The summed E-state index contributed by atoms with van der Waals surface area (Å²) in [6.07, 6.45) is -1.26. The number of aliphatic imine (C=N–C) groups is 1. The molecule has 0 aromatic carbocycles. The maximum absolute atomic E-state index is 12.5. The Morgan fingerprint density at radius 1 is 1.35 bits per heavy atom. The van der Waals surface area contributed by atoms with Gasteiger partial charge in [-0.1, -0.05) is 6.07 Å². The number of hydrogen-bond donors (Lipinski definition) is 1. The third-order valence-electron chi connectivity index (χ3n) is 3.43. The van der Waals surface area contributed by atoms with Crippen LogP contribution in [0.1, 0.15) is 22.5 Å². The SMILES string of the molecule is N#Cc1nn(CCc2ccc(C(F)(F)F)nc2)c2c1CN=CN2. The topological polar surface area (TPSA) is 78.9 Å². The van der Waals surface area contributed by atoms with E-state index >= 15 is 0 Å². The zero-order chi connectivity index (χ0) is 16.4. The summed E-state index contributed by atoms with van der Waals surface area (Å²) in [6.45, 7) is 0.797. The highest BCUT2D eigenvalue weighted by atomic mass is 19.4. The lowest BCUT2D eigenvalue weighted by Gasteiger charge is -2.11. The number of aryl methyl sites for hydroxylation is 2. The fourth-order valence-corrected chi connectivity index (χ4v) is 2.28. The van der Waals surface area contributed by atoms with Crippen LogP contribution in [-0.2, 0) is 25.7 Å². The molecular weight excluding hydrogens is 309 g/mol. The van der Waals surface area contributed by atoms with E-state index in [9.17, 15) is 13.2 Å². The number of nitrogens with one attached hydrogen (secondary N) is 1. The number of pyridine rings is 1. The van der Waals surface area contributed by atoms with Crippen molar-refractivity contribution >= 4 is 12.2 Å². The van der Waals surface area contributed by atoms with Gasteiger partial charge in [-0.2, -0.15) is 23.5 Å². The maximum atomic E-state index is 12.5. The zero-order valence-electron chi connectivity index (χ0n) is 11.8. The highest BCUT2D eigenvalue weighted by Gasteiger charge is 2.32. The largest absolute Gasteiger partial charge is 0.433 e. The van der Waals surface area contributed by atoms with Crippen LogP contribution in [0.3, 0.4) is 0 Å². The van der Waals surface area contributed by atoms with E-state index in [4.69, 9.17) is 5.26 Å². The fraction of sp³-hybridized carbons (Fsp3) is 0.286. The van der Waals surface area contributed by atoms with E-state index in [2.05, 4.69) is 20.4 Å². The second kappa shape index (κ2) is 5.72. The van der Waals surface area contributed by atoms with E-state index < -0.39 is 11.9 Å². The van der Waals surface area contributed by atoms with Crippen molar-refractivity contribution in [2.24, 2.45) is 4.99 Å². The van der Waals surface area contributed by atoms with Gasteiger partial charge in [0.25, 0.3) is 0 Å². The molecule has 0 atom stereocenters. The molecule has 9 heteroatoms. The smallest absolute Gasteiger partial charge is 0.331 e. The molecule has 0 bridgehead atoms. The van der Waals surface area contributed by atoms with Gasteiger partial charge in [0.15, 0.2) is 5.69 Å². The van der Waals surface area contributed by atoms with Gasteiger partial charge in [-0.05, 0) is 18.1 Å². The molecule has 0 saturated heterocycles. The summed E-state index contributed by atoms with van der Waals surface area (Å²) in [4.78, 5) is 7.46. The molecule has 3 heterocycles. The number of aromatic nitrogens is 3. The predicted octanol–water partition coefficient (Wildman–Crippen LogP) is 2.37. The van der Waals surface area contributed by atoms with Crippen LogP contribution in [-0.4, -0.2) is 21.1 Å². The van der Waals surface area contributed by atoms with Gasteiger partial charge in [-0.3, -0.25) is 9.98 Å². The second-order valence-corrected chi connectivity index (χ2v) is 4.92. The molecule has 0 unspecified atom stereocenters. The van der Waals surface area contributed by atoms with Crippen molar-refractivity contribution in [2.75, 3.05) is 5.32 Å². The molecule has 2 aromatic heterocycles. The summed E-state index contributed by atoms with van der Waals surface area (Å²) in [5, 5.41) is 16.2. The van der Waals surface area contributed by atoms with Crippen LogP contribution in [0.5, 0.6) is 0 Å². The van der Waals surface area contributed by atoms with Crippen molar-refractivity contribution in [1.82, 2.24) is 14.8 Å². The van der Waals surface area contributed by atoms with E-state index in [0.717, 1.165) is 11.6 Å². The Morgan fingerprint density at radius 2 is 2.17 bits per heavy atom. The van der Waals surface area contributed by atoms with Gasteiger partial charge in [0, 0.05) is 12.7 Å². The molecule has 118 valence electrons. The third kappa shape index (κ3) is 3.01. The standard InChI is InChI=1S/C14H11F3N6/c15-14(16,17)12-2-1-9(6-20-12)3-4-23-13-10(7-19-8-21-13)11(5-18)22-23/h1-2,6,8H,3-4,7H2,(H,19,21). The monoisotopic (exact) mass is 320 g/mol. The molecule has 0 spiro atoms. The van der Waals surface area contributed by atoms with Crippen LogP contribution in [0.25, 0.3) is 0 Å². The van der Waals surface area contributed by atoms with Crippen LogP contribution in [0, 0.1) is 11.3 Å². The lowest BCUT2D eigenvalue weighted by atomic mass is 10.2. The summed E-state index contributed by atoms with van der Waals surface area (Å²) in [5.74, 6) is 0.691. The average Bonchev–Trinajstić information content (AvgIpc) is 2.91. The molecule has 23 heavy (non-hydrogen) atoms. The second-order valence-electron chi connectivity index (χ2n) is 4.92. The molecule has 1 aliphatic heterocycles. The highest BCUT2D eigenvalue weighted by molar-refractivity contribution is 5.78. The molecule has 0 fully saturated rings. The number of rotatable bonds is 3. The quantitative estimate of drug-likeness (QED) is 0.941. The number of anilines is 1. The van der Waals surface area contributed by atoms with Gasteiger partial charge < -0.3 is 5.32 Å².